The molecule has 2 N–H and O–H groups in total. The zero-order valence-corrected chi connectivity index (χ0v) is 10.9. The molecule has 1 rings (SSSR count). The van der Waals surface area contributed by atoms with Gasteiger partial charge >= 0.3 is 6.09 Å². The fraction of sp³-hybridized carbons (Fsp3) is 0.364. The Bertz CT molecular complexity index is 334. The summed E-state index contributed by atoms with van der Waals surface area (Å²) in [7, 11) is 0. The van der Waals surface area contributed by atoms with E-state index in [4.69, 9.17) is 16.7 Å². The van der Waals surface area contributed by atoms with Gasteiger partial charge in [-0.2, -0.15) is 0 Å². The molecule has 1 aromatic rings. The monoisotopic (exact) mass is 305 g/mol. The molecule has 3 nitrogen and oxygen atoms in total. The Balaban J connectivity index is 2.74. The van der Waals surface area contributed by atoms with Crippen LogP contribution < -0.4 is 5.32 Å². The van der Waals surface area contributed by atoms with Gasteiger partial charge in [-0.25, -0.2) is 4.79 Å². The van der Waals surface area contributed by atoms with Crippen LogP contribution in [0, 0.1) is 0 Å². The van der Waals surface area contributed by atoms with Gasteiger partial charge in [0.05, 0.1) is 4.83 Å². The molecule has 0 saturated carbocycles. The predicted molar refractivity (Wildman–Crippen MR) is 68.4 cm³/mol. The first-order valence-electron chi connectivity index (χ1n) is 4.89. The van der Waals surface area contributed by atoms with Crippen LogP contribution >= 0.6 is 27.5 Å². The van der Waals surface area contributed by atoms with E-state index < -0.39 is 6.09 Å². The number of carboxylic acid groups (broad SMARTS) is 1. The minimum Gasteiger partial charge on any atom is -0.465 e. The molecule has 88 valence electrons. The summed E-state index contributed by atoms with van der Waals surface area (Å²) in [5.41, 5.74) is 1.03. The first-order valence-corrected chi connectivity index (χ1v) is 6.34. The van der Waals surface area contributed by atoms with Crippen molar-refractivity contribution >= 4 is 33.6 Å². The molecule has 0 aliphatic rings. The molecule has 0 heterocycles. The van der Waals surface area contributed by atoms with Crippen molar-refractivity contribution in [2.75, 3.05) is 5.88 Å². The molecule has 1 amide bonds. The summed E-state index contributed by atoms with van der Waals surface area (Å²) in [5.74, 6) is 0.417. The standard InChI is InChI=1S/C11H13BrClNO2/c12-10(8-4-2-1-3-5-8)9(6-7-13)14-11(15)16/h1-5,9-10,14H,6-7H2,(H,15,16). The lowest BCUT2D eigenvalue weighted by Gasteiger charge is -2.22. The van der Waals surface area contributed by atoms with Gasteiger partial charge in [0.2, 0.25) is 0 Å². The molecule has 0 aliphatic carbocycles. The molecule has 5 heteroatoms. The highest BCUT2D eigenvalue weighted by Gasteiger charge is 2.21. The maximum absolute atomic E-state index is 10.6. The lowest BCUT2D eigenvalue weighted by molar-refractivity contribution is 0.189. The van der Waals surface area contributed by atoms with E-state index in [9.17, 15) is 4.79 Å². The molecule has 2 unspecified atom stereocenters. The van der Waals surface area contributed by atoms with Crippen molar-refractivity contribution in [3.05, 3.63) is 35.9 Å². The fourth-order valence-corrected chi connectivity index (χ4v) is 2.37. The minimum atomic E-state index is -1.03. The van der Waals surface area contributed by atoms with Gasteiger partial charge < -0.3 is 10.4 Å². The molecule has 0 aromatic heterocycles. The van der Waals surface area contributed by atoms with Crippen LogP contribution in [-0.4, -0.2) is 23.1 Å². The molecule has 16 heavy (non-hydrogen) atoms. The summed E-state index contributed by atoms with van der Waals surface area (Å²) in [6.45, 7) is 0. The van der Waals surface area contributed by atoms with E-state index in [-0.39, 0.29) is 10.9 Å². The van der Waals surface area contributed by atoms with E-state index in [2.05, 4.69) is 21.2 Å². The average molecular weight is 307 g/mol. The molecule has 0 radical (unpaired) electrons. The third-order valence-corrected chi connectivity index (χ3v) is 3.59. The van der Waals surface area contributed by atoms with Gasteiger partial charge in [-0.15, -0.1) is 11.6 Å². The van der Waals surface area contributed by atoms with Crippen LogP contribution in [0.3, 0.4) is 0 Å². The van der Waals surface area contributed by atoms with E-state index in [1.54, 1.807) is 0 Å². The van der Waals surface area contributed by atoms with E-state index >= 15 is 0 Å². The molecule has 2 atom stereocenters. The van der Waals surface area contributed by atoms with Crippen LogP contribution in [-0.2, 0) is 0 Å². The van der Waals surface area contributed by atoms with E-state index in [0.717, 1.165) is 5.56 Å². The normalized spacial score (nSPS) is 14.1. The minimum absolute atomic E-state index is 0.0662. The van der Waals surface area contributed by atoms with Crippen LogP contribution in [0.2, 0.25) is 0 Å². The molecule has 0 spiro atoms. The maximum atomic E-state index is 10.6. The predicted octanol–water partition coefficient (Wildman–Crippen LogP) is 3.39. The summed E-state index contributed by atoms with van der Waals surface area (Å²) >= 11 is 9.15. The average Bonchev–Trinajstić information content (AvgIpc) is 2.28. The van der Waals surface area contributed by atoms with Crippen LogP contribution in [0.5, 0.6) is 0 Å². The Morgan fingerprint density at radius 3 is 2.56 bits per heavy atom. The SMILES string of the molecule is O=C(O)NC(CCCl)C(Br)c1ccccc1. The summed E-state index contributed by atoms with van der Waals surface area (Å²) in [5, 5.41) is 11.2. The lowest BCUT2D eigenvalue weighted by Crippen LogP contribution is -2.36. The Labute approximate surface area is 108 Å². The fourth-order valence-electron chi connectivity index (χ4n) is 1.44. The smallest absolute Gasteiger partial charge is 0.404 e. The largest absolute Gasteiger partial charge is 0.465 e. The summed E-state index contributed by atoms with van der Waals surface area (Å²) in [6.07, 6.45) is -0.450. The number of hydrogen-bond acceptors (Lipinski definition) is 1. The summed E-state index contributed by atoms with van der Waals surface area (Å²) in [4.78, 5) is 10.6. The third kappa shape index (κ3) is 4.02. The van der Waals surface area contributed by atoms with Crippen molar-refractivity contribution in [3.8, 4) is 0 Å². The number of rotatable bonds is 5. The zero-order valence-electron chi connectivity index (χ0n) is 8.57. The van der Waals surface area contributed by atoms with E-state index in [1.807, 2.05) is 30.3 Å². The zero-order chi connectivity index (χ0) is 12.0. The Morgan fingerprint density at radius 1 is 1.44 bits per heavy atom. The van der Waals surface area contributed by atoms with Crippen LogP contribution in [0.4, 0.5) is 4.79 Å². The van der Waals surface area contributed by atoms with Crippen LogP contribution in [0.15, 0.2) is 30.3 Å². The topological polar surface area (TPSA) is 49.3 Å². The van der Waals surface area contributed by atoms with Crippen molar-refractivity contribution in [2.45, 2.75) is 17.3 Å². The lowest BCUT2D eigenvalue weighted by atomic mass is 10.0. The third-order valence-electron chi connectivity index (χ3n) is 2.20. The second-order valence-corrected chi connectivity index (χ2v) is 4.71. The Morgan fingerprint density at radius 2 is 2.06 bits per heavy atom. The molecular weight excluding hydrogens is 293 g/mol. The molecule has 0 bridgehead atoms. The van der Waals surface area contributed by atoms with Gasteiger partial charge in [-0.3, -0.25) is 0 Å². The van der Waals surface area contributed by atoms with Gasteiger partial charge in [0.15, 0.2) is 0 Å². The Kier molecular flexibility index (Phi) is 5.63. The van der Waals surface area contributed by atoms with Gasteiger partial charge in [0.1, 0.15) is 0 Å². The highest BCUT2D eigenvalue weighted by Crippen LogP contribution is 2.28. The van der Waals surface area contributed by atoms with Gasteiger partial charge in [-0.1, -0.05) is 46.3 Å². The van der Waals surface area contributed by atoms with Gasteiger partial charge in [0, 0.05) is 11.9 Å². The van der Waals surface area contributed by atoms with Gasteiger partial charge in [0.25, 0.3) is 0 Å². The molecule has 0 aliphatic heterocycles. The van der Waals surface area contributed by atoms with Crippen molar-refractivity contribution < 1.29 is 9.90 Å². The first-order chi connectivity index (χ1) is 7.65. The number of amides is 1. The number of nitrogens with one attached hydrogen (secondary N) is 1. The summed E-state index contributed by atoms with van der Waals surface area (Å²) in [6, 6.07) is 9.43. The molecule has 1 aromatic carbocycles. The number of carbonyl (C=O) groups is 1. The second-order valence-electron chi connectivity index (χ2n) is 3.35. The summed E-state index contributed by atoms with van der Waals surface area (Å²) < 4.78 is 0. The number of alkyl halides is 2. The maximum Gasteiger partial charge on any atom is 0.404 e. The van der Waals surface area contributed by atoms with Crippen molar-refractivity contribution in [1.29, 1.82) is 0 Å². The number of benzene rings is 1. The van der Waals surface area contributed by atoms with Crippen LogP contribution in [0.25, 0.3) is 0 Å². The second kappa shape index (κ2) is 6.76. The molecule has 0 fully saturated rings. The molecular formula is C11H13BrClNO2. The van der Waals surface area contributed by atoms with Gasteiger partial charge in [-0.05, 0) is 12.0 Å². The highest BCUT2D eigenvalue weighted by molar-refractivity contribution is 9.09. The van der Waals surface area contributed by atoms with Crippen molar-refractivity contribution in [2.24, 2.45) is 0 Å². The first kappa shape index (κ1) is 13.3. The van der Waals surface area contributed by atoms with E-state index in [0.29, 0.717) is 12.3 Å². The highest BCUT2D eigenvalue weighted by atomic mass is 79.9. The number of halogens is 2. The van der Waals surface area contributed by atoms with Crippen molar-refractivity contribution in [1.82, 2.24) is 5.32 Å². The molecule has 0 saturated heterocycles. The van der Waals surface area contributed by atoms with Crippen LogP contribution in [0.1, 0.15) is 16.8 Å². The van der Waals surface area contributed by atoms with E-state index in [1.165, 1.54) is 0 Å². The Hall–Kier alpha value is -0.740. The van der Waals surface area contributed by atoms with Crippen molar-refractivity contribution in [3.63, 3.8) is 0 Å². The quantitative estimate of drug-likeness (QED) is 0.819. The number of hydrogen-bond donors (Lipinski definition) is 2.